The van der Waals surface area contributed by atoms with Crippen LogP contribution in [-0.2, 0) is 4.74 Å². The molecule has 1 aliphatic rings. The summed E-state index contributed by atoms with van der Waals surface area (Å²) in [6.45, 7) is 4.96. The van der Waals surface area contributed by atoms with Crippen LogP contribution in [0.3, 0.4) is 0 Å². The predicted molar refractivity (Wildman–Crippen MR) is 74.4 cm³/mol. The minimum absolute atomic E-state index is 0.153. The number of ether oxygens (including phenoxy) is 1. The number of nitrogens with one attached hydrogen (secondary N) is 1. The van der Waals surface area contributed by atoms with Gasteiger partial charge in [-0.15, -0.1) is 0 Å². The Labute approximate surface area is 110 Å². The van der Waals surface area contributed by atoms with Gasteiger partial charge in [0.15, 0.2) is 0 Å². The molecule has 1 heterocycles. The summed E-state index contributed by atoms with van der Waals surface area (Å²) in [5.41, 5.74) is 7.58. The predicted octanol–water partition coefficient (Wildman–Crippen LogP) is 2.24. The van der Waals surface area contributed by atoms with Crippen molar-refractivity contribution >= 4 is 0 Å². The molecular formula is C15H24N2O. The van der Waals surface area contributed by atoms with E-state index in [2.05, 4.69) is 24.4 Å². The van der Waals surface area contributed by atoms with Gasteiger partial charge in [-0.3, -0.25) is 0 Å². The smallest absolute Gasteiger partial charge is 0.0646 e. The van der Waals surface area contributed by atoms with Crippen molar-refractivity contribution in [2.75, 3.05) is 19.8 Å². The summed E-state index contributed by atoms with van der Waals surface area (Å²) in [5.74, 6) is 0. The van der Waals surface area contributed by atoms with Gasteiger partial charge in [0.2, 0.25) is 0 Å². The normalized spacial score (nSPS) is 25.2. The van der Waals surface area contributed by atoms with Crippen LogP contribution in [0, 0.1) is 0 Å². The van der Waals surface area contributed by atoms with Crippen LogP contribution in [0.1, 0.15) is 37.8 Å². The third kappa shape index (κ3) is 3.80. The Morgan fingerprint density at radius 3 is 2.83 bits per heavy atom. The molecule has 0 aliphatic carbocycles. The number of hydrogen-bond acceptors (Lipinski definition) is 3. The first-order chi connectivity index (χ1) is 8.70. The molecule has 3 nitrogen and oxygen atoms in total. The quantitative estimate of drug-likeness (QED) is 0.759. The van der Waals surface area contributed by atoms with Gasteiger partial charge in [0.25, 0.3) is 0 Å². The lowest BCUT2D eigenvalue weighted by Crippen LogP contribution is -2.43. The fourth-order valence-electron chi connectivity index (χ4n) is 2.39. The Morgan fingerprint density at radius 2 is 2.17 bits per heavy atom. The molecule has 2 rings (SSSR count). The van der Waals surface area contributed by atoms with Crippen LogP contribution in [0.15, 0.2) is 30.3 Å². The molecule has 0 saturated carbocycles. The Kier molecular flexibility index (Phi) is 4.75. The molecule has 0 spiro atoms. The van der Waals surface area contributed by atoms with Gasteiger partial charge in [0.1, 0.15) is 0 Å². The van der Waals surface area contributed by atoms with Crippen molar-refractivity contribution in [3.63, 3.8) is 0 Å². The second-order valence-electron chi connectivity index (χ2n) is 5.45. The minimum Gasteiger partial charge on any atom is -0.379 e. The fraction of sp³-hybridized carbons (Fsp3) is 0.600. The van der Waals surface area contributed by atoms with E-state index in [1.165, 1.54) is 5.56 Å². The third-order valence-electron chi connectivity index (χ3n) is 3.69. The molecule has 1 aromatic rings. The van der Waals surface area contributed by atoms with Gasteiger partial charge >= 0.3 is 0 Å². The van der Waals surface area contributed by atoms with E-state index < -0.39 is 0 Å². The first kappa shape index (κ1) is 13.5. The van der Waals surface area contributed by atoms with E-state index in [-0.39, 0.29) is 11.6 Å². The zero-order valence-electron chi connectivity index (χ0n) is 11.2. The van der Waals surface area contributed by atoms with E-state index in [1.807, 2.05) is 18.2 Å². The molecule has 0 amide bonds. The first-order valence-electron chi connectivity index (χ1n) is 6.83. The van der Waals surface area contributed by atoms with Gasteiger partial charge in [0.05, 0.1) is 6.61 Å². The van der Waals surface area contributed by atoms with Crippen LogP contribution in [0.5, 0.6) is 0 Å². The molecular weight excluding hydrogens is 224 g/mol. The molecule has 1 fully saturated rings. The number of nitrogens with two attached hydrogens (primary N) is 1. The van der Waals surface area contributed by atoms with Crippen LogP contribution in [0.2, 0.25) is 0 Å². The van der Waals surface area contributed by atoms with Gasteiger partial charge < -0.3 is 15.8 Å². The van der Waals surface area contributed by atoms with E-state index in [0.717, 1.165) is 39.0 Å². The number of rotatable bonds is 6. The summed E-state index contributed by atoms with van der Waals surface area (Å²) in [6, 6.07) is 10.5. The van der Waals surface area contributed by atoms with Gasteiger partial charge in [-0.05, 0) is 38.3 Å². The number of hydrogen-bond donors (Lipinski definition) is 2. The summed E-state index contributed by atoms with van der Waals surface area (Å²) in [7, 11) is 0. The van der Waals surface area contributed by atoms with Crippen LogP contribution in [0.25, 0.3) is 0 Å². The Balaban J connectivity index is 1.66. The van der Waals surface area contributed by atoms with Crippen LogP contribution in [0.4, 0.5) is 0 Å². The second kappa shape index (κ2) is 6.32. The monoisotopic (exact) mass is 248 g/mol. The maximum absolute atomic E-state index is 6.17. The van der Waals surface area contributed by atoms with E-state index in [1.54, 1.807) is 0 Å². The zero-order chi connectivity index (χ0) is 12.8. The van der Waals surface area contributed by atoms with E-state index >= 15 is 0 Å². The minimum atomic E-state index is 0.153. The van der Waals surface area contributed by atoms with E-state index in [9.17, 15) is 0 Å². The lowest BCUT2D eigenvalue weighted by atomic mass is 10.0. The highest BCUT2D eigenvalue weighted by Crippen LogP contribution is 2.18. The van der Waals surface area contributed by atoms with Crippen molar-refractivity contribution in [2.45, 2.75) is 37.8 Å². The van der Waals surface area contributed by atoms with Crippen molar-refractivity contribution in [1.29, 1.82) is 0 Å². The third-order valence-corrected chi connectivity index (χ3v) is 3.69. The average molecular weight is 248 g/mol. The van der Waals surface area contributed by atoms with Crippen molar-refractivity contribution in [3.05, 3.63) is 35.9 Å². The van der Waals surface area contributed by atoms with E-state index in [0.29, 0.717) is 0 Å². The van der Waals surface area contributed by atoms with Crippen LogP contribution < -0.4 is 11.1 Å². The SMILES string of the molecule is CC1(NCCCC(N)c2ccccc2)CCOC1. The second-order valence-corrected chi connectivity index (χ2v) is 5.45. The van der Waals surface area contributed by atoms with Crippen molar-refractivity contribution < 1.29 is 4.74 Å². The van der Waals surface area contributed by atoms with Crippen molar-refractivity contribution in [3.8, 4) is 0 Å². The largest absolute Gasteiger partial charge is 0.379 e. The molecule has 1 saturated heterocycles. The van der Waals surface area contributed by atoms with Crippen LogP contribution >= 0.6 is 0 Å². The van der Waals surface area contributed by atoms with Crippen molar-refractivity contribution in [1.82, 2.24) is 5.32 Å². The van der Waals surface area contributed by atoms with Gasteiger partial charge in [-0.1, -0.05) is 30.3 Å². The Hall–Kier alpha value is -0.900. The molecule has 1 aliphatic heterocycles. The van der Waals surface area contributed by atoms with Crippen LogP contribution in [-0.4, -0.2) is 25.3 Å². The molecule has 3 heteroatoms. The molecule has 100 valence electrons. The zero-order valence-corrected chi connectivity index (χ0v) is 11.2. The summed E-state index contributed by atoms with van der Waals surface area (Å²) in [6.07, 6.45) is 3.23. The molecule has 1 aromatic carbocycles. The summed E-state index contributed by atoms with van der Waals surface area (Å²) < 4.78 is 5.42. The lowest BCUT2D eigenvalue weighted by Gasteiger charge is -2.24. The highest BCUT2D eigenvalue weighted by Gasteiger charge is 2.28. The highest BCUT2D eigenvalue weighted by molar-refractivity contribution is 5.18. The first-order valence-corrected chi connectivity index (χ1v) is 6.83. The maximum atomic E-state index is 6.17. The van der Waals surface area contributed by atoms with Gasteiger partial charge in [0, 0.05) is 18.2 Å². The Bertz CT molecular complexity index is 347. The summed E-state index contributed by atoms with van der Waals surface area (Å²) in [4.78, 5) is 0. The summed E-state index contributed by atoms with van der Waals surface area (Å²) in [5, 5.41) is 3.58. The van der Waals surface area contributed by atoms with Crippen molar-refractivity contribution in [2.24, 2.45) is 5.73 Å². The summed E-state index contributed by atoms with van der Waals surface area (Å²) >= 11 is 0. The molecule has 0 bridgehead atoms. The number of benzene rings is 1. The fourth-order valence-corrected chi connectivity index (χ4v) is 2.39. The molecule has 18 heavy (non-hydrogen) atoms. The lowest BCUT2D eigenvalue weighted by molar-refractivity contribution is 0.171. The topological polar surface area (TPSA) is 47.3 Å². The molecule has 2 unspecified atom stereocenters. The molecule has 3 N–H and O–H groups in total. The maximum Gasteiger partial charge on any atom is 0.0646 e. The molecule has 2 atom stereocenters. The molecule has 0 aromatic heterocycles. The van der Waals surface area contributed by atoms with E-state index in [4.69, 9.17) is 10.5 Å². The van der Waals surface area contributed by atoms with Gasteiger partial charge in [-0.2, -0.15) is 0 Å². The van der Waals surface area contributed by atoms with Gasteiger partial charge in [-0.25, -0.2) is 0 Å². The standard InChI is InChI=1S/C15H24N2O/c1-15(9-11-18-12-15)17-10-5-8-14(16)13-6-3-2-4-7-13/h2-4,6-7,14,17H,5,8-12,16H2,1H3. The molecule has 0 radical (unpaired) electrons. The Morgan fingerprint density at radius 1 is 1.39 bits per heavy atom. The average Bonchev–Trinajstić information content (AvgIpc) is 2.83. The highest BCUT2D eigenvalue weighted by atomic mass is 16.5.